The number of piperazine rings is 1. The Hall–Kier alpha value is -1.98. The van der Waals surface area contributed by atoms with Gasteiger partial charge in [-0.25, -0.2) is 9.78 Å². The van der Waals surface area contributed by atoms with Gasteiger partial charge in [-0.15, -0.1) is 0 Å². The molecule has 2 rings (SSSR count). The molecule has 116 valence electrons. The van der Waals surface area contributed by atoms with E-state index in [2.05, 4.69) is 30.7 Å². The van der Waals surface area contributed by atoms with Crippen LogP contribution in [0.15, 0.2) is 18.3 Å². The van der Waals surface area contributed by atoms with E-state index >= 15 is 0 Å². The standard InChI is InChI=1S/C15H24N4O2/c1-14(2,3)15(4)10-18(7-8-19(15)13(20)21)11-5-6-12(16)17-9-11/h5-6,9H,7-8,10H2,1-4H3,(H2,16,17)(H,20,21). The first-order valence-corrected chi connectivity index (χ1v) is 7.12. The summed E-state index contributed by atoms with van der Waals surface area (Å²) >= 11 is 0. The summed E-state index contributed by atoms with van der Waals surface area (Å²) in [6.07, 6.45) is 0.886. The predicted octanol–water partition coefficient (Wildman–Crippen LogP) is 2.27. The van der Waals surface area contributed by atoms with Gasteiger partial charge in [-0.1, -0.05) is 20.8 Å². The molecule has 1 aromatic heterocycles. The molecule has 0 bridgehead atoms. The number of hydrogen-bond acceptors (Lipinski definition) is 4. The number of nitrogens with two attached hydrogens (primary N) is 1. The van der Waals surface area contributed by atoms with Crippen LogP contribution in [0.3, 0.4) is 0 Å². The van der Waals surface area contributed by atoms with Gasteiger partial charge in [0.05, 0.1) is 17.4 Å². The molecule has 6 heteroatoms. The van der Waals surface area contributed by atoms with Crippen LogP contribution in [-0.4, -0.2) is 46.3 Å². The van der Waals surface area contributed by atoms with E-state index in [9.17, 15) is 9.90 Å². The predicted molar refractivity (Wildman–Crippen MR) is 83.5 cm³/mol. The molecule has 0 aromatic carbocycles. The van der Waals surface area contributed by atoms with Gasteiger partial charge in [0, 0.05) is 19.6 Å². The Morgan fingerprint density at radius 2 is 2.05 bits per heavy atom. The van der Waals surface area contributed by atoms with E-state index in [-0.39, 0.29) is 5.41 Å². The molecular formula is C15H24N4O2. The lowest BCUT2D eigenvalue weighted by Gasteiger charge is -2.54. The van der Waals surface area contributed by atoms with Crippen LogP contribution in [0.5, 0.6) is 0 Å². The number of amides is 1. The summed E-state index contributed by atoms with van der Waals surface area (Å²) in [6, 6.07) is 3.70. The minimum atomic E-state index is -0.859. The number of anilines is 2. The fourth-order valence-corrected chi connectivity index (χ4v) is 2.76. The monoisotopic (exact) mass is 292 g/mol. The fraction of sp³-hybridized carbons (Fsp3) is 0.600. The Balaban J connectivity index is 2.32. The number of carbonyl (C=O) groups is 1. The molecule has 2 heterocycles. The molecule has 0 saturated carbocycles. The molecule has 1 atom stereocenters. The van der Waals surface area contributed by atoms with Gasteiger partial charge in [0.25, 0.3) is 0 Å². The number of pyridine rings is 1. The first-order valence-electron chi connectivity index (χ1n) is 7.12. The third-order valence-electron chi connectivity index (χ3n) is 4.67. The summed E-state index contributed by atoms with van der Waals surface area (Å²) in [6.45, 7) is 10.0. The van der Waals surface area contributed by atoms with Crippen molar-refractivity contribution in [1.29, 1.82) is 0 Å². The molecule has 1 fully saturated rings. The summed E-state index contributed by atoms with van der Waals surface area (Å²) in [7, 11) is 0. The summed E-state index contributed by atoms with van der Waals surface area (Å²) in [5.41, 5.74) is 5.95. The van der Waals surface area contributed by atoms with Crippen LogP contribution in [-0.2, 0) is 0 Å². The molecule has 21 heavy (non-hydrogen) atoms. The normalized spacial score (nSPS) is 23.2. The zero-order valence-electron chi connectivity index (χ0n) is 13.1. The highest BCUT2D eigenvalue weighted by Crippen LogP contribution is 2.39. The van der Waals surface area contributed by atoms with Crippen LogP contribution in [0.4, 0.5) is 16.3 Å². The number of aromatic nitrogens is 1. The van der Waals surface area contributed by atoms with Crippen molar-refractivity contribution in [3.05, 3.63) is 18.3 Å². The molecule has 0 aliphatic carbocycles. The smallest absolute Gasteiger partial charge is 0.407 e. The number of carboxylic acid groups (broad SMARTS) is 1. The van der Waals surface area contributed by atoms with Gasteiger partial charge in [0.2, 0.25) is 0 Å². The van der Waals surface area contributed by atoms with Crippen molar-refractivity contribution in [2.75, 3.05) is 30.3 Å². The van der Waals surface area contributed by atoms with E-state index in [4.69, 9.17) is 5.73 Å². The van der Waals surface area contributed by atoms with Crippen molar-refractivity contribution >= 4 is 17.6 Å². The zero-order chi connectivity index (χ0) is 15.8. The molecule has 6 nitrogen and oxygen atoms in total. The minimum absolute atomic E-state index is 0.175. The van der Waals surface area contributed by atoms with Crippen molar-refractivity contribution < 1.29 is 9.90 Å². The Morgan fingerprint density at radius 3 is 2.52 bits per heavy atom. The summed E-state index contributed by atoms with van der Waals surface area (Å²) in [5, 5.41) is 9.51. The summed E-state index contributed by atoms with van der Waals surface area (Å²) < 4.78 is 0. The maximum Gasteiger partial charge on any atom is 0.407 e. The van der Waals surface area contributed by atoms with E-state index < -0.39 is 11.6 Å². The van der Waals surface area contributed by atoms with Crippen LogP contribution in [0.2, 0.25) is 0 Å². The Morgan fingerprint density at radius 1 is 1.38 bits per heavy atom. The summed E-state index contributed by atoms with van der Waals surface area (Å²) in [4.78, 5) is 19.4. The number of hydrogen-bond donors (Lipinski definition) is 2. The van der Waals surface area contributed by atoms with Crippen molar-refractivity contribution in [2.45, 2.75) is 33.2 Å². The van der Waals surface area contributed by atoms with E-state index in [0.717, 1.165) is 5.69 Å². The highest BCUT2D eigenvalue weighted by Gasteiger charge is 2.48. The van der Waals surface area contributed by atoms with Crippen LogP contribution in [0.1, 0.15) is 27.7 Å². The number of nitrogens with zero attached hydrogens (tertiary/aromatic N) is 3. The van der Waals surface area contributed by atoms with E-state index in [1.807, 2.05) is 13.0 Å². The van der Waals surface area contributed by atoms with E-state index in [0.29, 0.717) is 25.5 Å². The molecule has 0 spiro atoms. The second kappa shape index (κ2) is 5.09. The third-order valence-corrected chi connectivity index (χ3v) is 4.67. The average molecular weight is 292 g/mol. The third kappa shape index (κ3) is 2.75. The van der Waals surface area contributed by atoms with Gasteiger partial charge in [-0.2, -0.15) is 0 Å². The molecule has 1 aromatic rings. The molecule has 1 aliphatic heterocycles. The Labute approximate surface area is 125 Å². The average Bonchev–Trinajstić information content (AvgIpc) is 2.37. The first-order chi connectivity index (χ1) is 9.65. The zero-order valence-corrected chi connectivity index (χ0v) is 13.1. The molecule has 1 saturated heterocycles. The molecule has 3 N–H and O–H groups in total. The lowest BCUT2D eigenvalue weighted by atomic mass is 9.72. The van der Waals surface area contributed by atoms with Gasteiger partial charge < -0.3 is 15.7 Å². The van der Waals surface area contributed by atoms with Crippen molar-refractivity contribution in [2.24, 2.45) is 5.41 Å². The lowest BCUT2D eigenvalue weighted by Crippen LogP contribution is -2.67. The highest BCUT2D eigenvalue weighted by molar-refractivity contribution is 5.67. The topological polar surface area (TPSA) is 82.7 Å². The van der Waals surface area contributed by atoms with E-state index in [1.54, 1.807) is 17.2 Å². The van der Waals surface area contributed by atoms with Gasteiger partial charge in [-0.3, -0.25) is 4.90 Å². The van der Waals surface area contributed by atoms with Crippen LogP contribution in [0.25, 0.3) is 0 Å². The highest BCUT2D eigenvalue weighted by atomic mass is 16.4. The summed E-state index contributed by atoms with van der Waals surface area (Å²) in [5.74, 6) is 0.488. The fourth-order valence-electron chi connectivity index (χ4n) is 2.76. The van der Waals surface area contributed by atoms with Crippen molar-refractivity contribution in [1.82, 2.24) is 9.88 Å². The molecule has 1 aliphatic rings. The number of nitrogen functional groups attached to an aromatic ring is 1. The Kier molecular flexibility index (Phi) is 3.74. The van der Waals surface area contributed by atoms with Crippen molar-refractivity contribution in [3.8, 4) is 0 Å². The van der Waals surface area contributed by atoms with Crippen LogP contribution in [0, 0.1) is 5.41 Å². The molecule has 0 radical (unpaired) electrons. The molecule has 1 amide bonds. The van der Waals surface area contributed by atoms with Crippen molar-refractivity contribution in [3.63, 3.8) is 0 Å². The maximum absolute atomic E-state index is 11.6. The van der Waals surface area contributed by atoms with Gasteiger partial charge >= 0.3 is 6.09 Å². The van der Waals surface area contributed by atoms with Gasteiger partial charge in [0.15, 0.2) is 0 Å². The molecule has 1 unspecified atom stereocenters. The van der Waals surface area contributed by atoms with Gasteiger partial charge in [-0.05, 0) is 24.5 Å². The first kappa shape index (κ1) is 15.4. The van der Waals surface area contributed by atoms with Gasteiger partial charge in [0.1, 0.15) is 5.82 Å². The second-order valence-electron chi connectivity index (χ2n) is 6.82. The quantitative estimate of drug-likeness (QED) is 0.829. The minimum Gasteiger partial charge on any atom is -0.465 e. The SMILES string of the molecule is CC(C)(C)C1(C)CN(c2ccc(N)nc2)CCN1C(=O)O. The van der Waals surface area contributed by atoms with Crippen LogP contribution >= 0.6 is 0 Å². The lowest BCUT2D eigenvalue weighted by molar-refractivity contribution is 0.00745. The largest absolute Gasteiger partial charge is 0.465 e. The van der Waals surface area contributed by atoms with E-state index in [1.165, 1.54) is 0 Å². The number of rotatable bonds is 1. The molecular weight excluding hydrogens is 268 g/mol. The Bertz CT molecular complexity index is 523. The second-order valence-corrected chi connectivity index (χ2v) is 6.82. The van der Waals surface area contributed by atoms with Crippen LogP contribution < -0.4 is 10.6 Å². The maximum atomic E-state index is 11.6.